The normalized spacial score (nSPS) is 11.6. The lowest BCUT2D eigenvalue weighted by molar-refractivity contribution is 1.28. The summed E-state index contributed by atoms with van der Waals surface area (Å²) in [7, 11) is -2.92. The number of hydrogen-bond acceptors (Lipinski definition) is 3. The van der Waals surface area contributed by atoms with Crippen molar-refractivity contribution >= 4 is 89.3 Å². The Hall–Kier alpha value is -7.23. The zero-order chi connectivity index (χ0) is 43.4. The average molecular weight is 835 g/mol. The molecule has 8 aromatic carbocycles. The van der Waals surface area contributed by atoms with Gasteiger partial charge in [0.05, 0.1) is 40.0 Å². The maximum absolute atomic E-state index is 9.54. The van der Waals surface area contributed by atoms with Crippen LogP contribution in [0.25, 0.3) is 38.9 Å². The van der Waals surface area contributed by atoms with Crippen LogP contribution in [-0.2, 0) is 0 Å². The Labute approximate surface area is 369 Å². The number of fused-ring (bicyclic) bond motifs is 1. The second-order valence-corrected chi connectivity index (χ2v) is 27.9. The standard InChI is InChI=1S/C56H50N4Si2/c1-58-45-22-28-47(29-23-45)59(48-30-34-51(35-31-48)61(2,3)4)46-24-16-42(17-25-46)13-12-41-14-20-44(21-15-41)53-38-39-56(55-11-9-8-10-54(53)55)60(49-26-18-43(40-57)19-27-49)50-32-36-52(37-33-50)62(5,6)7/h8-39H,2-7H3/b13-12+. The molecule has 0 fully saturated rings. The zero-order valence-corrected chi connectivity index (χ0v) is 38.3. The van der Waals surface area contributed by atoms with E-state index in [0.29, 0.717) is 11.3 Å². The molecule has 0 radical (unpaired) electrons. The highest BCUT2D eigenvalue weighted by atomic mass is 28.3. The molecule has 0 saturated carbocycles. The predicted molar refractivity (Wildman–Crippen MR) is 271 cm³/mol. The first kappa shape index (κ1) is 41.5. The van der Waals surface area contributed by atoms with Gasteiger partial charge in [-0.3, -0.25) is 0 Å². The van der Waals surface area contributed by atoms with Crippen LogP contribution >= 0.6 is 0 Å². The van der Waals surface area contributed by atoms with Gasteiger partial charge in [-0.15, -0.1) is 0 Å². The van der Waals surface area contributed by atoms with Gasteiger partial charge in [0.2, 0.25) is 0 Å². The van der Waals surface area contributed by atoms with E-state index in [1.54, 1.807) is 0 Å². The summed E-state index contributed by atoms with van der Waals surface area (Å²) in [6, 6.07) is 66.5. The van der Waals surface area contributed by atoms with Gasteiger partial charge in [0.1, 0.15) is 0 Å². The lowest BCUT2D eigenvalue weighted by Gasteiger charge is -2.28. The molecule has 0 unspecified atom stereocenters. The molecule has 8 rings (SSSR count). The molecule has 0 atom stereocenters. The number of benzene rings is 8. The summed E-state index contributed by atoms with van der Waals surface area (Å²) in [4.78, 5) is 8.16. The molecule has 0 aliphatic carbocycles. The highest BCUT2D eigenvalue weighted by molar-refractivity contribution is 6.89. The summed E-state index contributed by atoms with van der Waals surface area (Å²) in [6.45, 7) is 21.7. The summed E-state index contributed by atoms with van der Waals surface area (Å²) in [5, 5.41) is 14.7. The smallest absolute Gasteiger partial charge is 0.187 e. The van der Waals surface area contributed by atoms with Gasteiger partial charge in [-0.05, 0) is 107 Å². The highest BCUT2D eigenvalue weighted by Crippen LogP contribution is 2.42. The molecule has 302 valence electrons. The quantitative estimate of drug-likeness (QED) is 0.0740. The summed E-state index contributed by atoms with van der Waals surface area (Å²) >= 11 is 0. The van der Waals surface area contributed by atoms with Crippen LogP contribution in [0.15, 0.2) is 182 Å². The molecular weight excluding hydrogens is 785 g/mol. The lowest BCUT2D eigenvalue weighted by atomic mass is 9.95. The van der Waals surface area contributed by atoms with E-state index < -0.39 is 16.1 Å². The van der Waals surface area contributed by atoms with Gasteiger partial charge < -0.3 is 9.80 Å². The summed E-state index contributed by atoms with van der Waals surface area (Å²) in [5.41, 5.74) is 12.2. The fourth-order valence-corrected chi connectivity index (χ4v) is 10.2. The van der Waals surface area contributed by atoms with Crippen molar-refractivity contribution in [2.45, 2.75) is 39.3 Å². The first-order valence-electron chi connectivity index (χ1n) is 21.1. The monoisotopic (exact) mass is 834 g/mol. The van der Waals surface area contributed by atoms with Gasteiger partial charge >= 0.3 is 0 Å². The maximum Gasteiger partial charge on any atom is 0.187 e. The Morgan fingerprint density at radius 3 is 1.35 bits per heavy atom. The molecule has 8 aromatic rings. The van der Waals surface area contributed by atoms with E-state index >= 15 is 0 Å². The topological polar surface area (TPSA) is 34.6 Å². The van der Waals surface area contributed by atoms with Crippen LogP contribution in [0.2, 0.25) is 39.3 Å². The van der Waals surface area contributed by atoms with E-state index in [0.717, 1.165) is 56.2 Å². The Morgan fingerprint density at radius 1 is 0.468 bits per heavy atom. The number of nitriles is 1. The van der Waals surface area contributed by atoms with Crippen LogP contribution in [0.4, 0.5) is 39.8 Å². The Bertz CT molecular complexity index is 2940. The molecular formula is C56H50N4Si2. The van der Waals surface area contributed by atoms with E-state index in [1.807, 2.05) is 48.5 Å². The van der Waals surface area contributed by atoms with E-state index in [2.05, 4.69) is 206 Å². The molecule has 0 aliphatic rings. The molecule has 0 heterocycles. The van der Waals surface area contributed by atoms with Crippen LogP contribution in [0.5, 0.6) is 0 Å². The molecule has 0 aromatic heterocycles. The molecule has 6 heteroatoms. The van der Waals surface area contributed by atoms with Crippen LogP contribution in [0, 0.1) is 17.9 Å². The van der Waals surface area contributed by atoms with Crippen molar-refractivity contribution in [1.29, 1.82) is 5.26 Å². The van der Waals surface area contributed by atoms with Gasteiger partial charge in [-0.1, -0.05) is 165 Å². The first-order valence-corrected chi connectivity index (χ1v) is 28.1. The Morgan fingerprint density at radius 2 is 0.887 bits per heavy atom. The van der Waals surface area contributed by atoms with Crippen molar-refractivity contribution in [3.05, 3.63) is 210 Å². The van der Waals surface area contributed by atoms with E-state index in [1.165, 1.54) is 21.3 Å². The lowest BCUT2D eigenvalue weighted by Crippen LogP contribution is -2.37. The largest absolute Gasteiger partial charge is 0.311 e. The fourth-order valence-electron chi connectivity index (χ4n) is 7.89. The number of hydrogen-bond donors (Lipinski definition) is 0. The molecule has 4 nitrogen and oxygen atoms in total. The molecule has 0 bridgehead atoms. The Balaban J connectivity index is 1.06. The minimum absolute atomic E-state index is 0.629. The van der Waals surface area contributed by atoms with Gasteiger partial charge in [-0.25, -0.2) is 4.85 Å². The molecule has 0 spiro atoms. The minimum atomic E-state index is -1.48. The summed E-state index contributed by atoms with van der Waals surface area (Å²) < 4.78 is 0. The maximum atomic E-state index is 9.54. The van der Waals surface area contributed by atoms with Crippen molar-refractivity contribution < 1.29 is 0 Å². The van der Waals surface area contributed by atoms with Gasteiger partial charge in [-0.2, -0.15) is 5.26 Å². The van der Waals surface area contributed by atoms with Crippen LogP contribution < -0.4 is 20.2 Å². The van der Waals surface area contributed by atoms with Crippen molar-refractivity contribution in [2.24, 2.45) is 0 Å². The number of anilines is 6. The second kappa shape index (κ2) is 17.4. The fraction of sp³-hybridized carbons (Fsp3) is 0.107. The Kier molecular flexibility index (Phi) is 11.6. The molecule has 62 heavy (non-hydrogen) atoms. The third kappa shape index (κ3) is 8.94. The van der Waals surface area contributed by atoms with Gasteiger partial charge in [0.15, 0.2) is 5.69 Å². The third-order valence-electron chi connectivity index (χ3n) is 11.5. The highest BCUT2D eigenvalue weighted by Gasteiger charge is 2.21. The molecule has 0 amide bonds. The van der Waals surface area contributed by atoms with Gasteiger partial charge in [0, 0.05) is 33.8 Å². The second-order valence-electron chi connectivity index (χ2n) is 17.8. The number of rotatable bonds is 11. The van der Waals surface area contributed by atoms with Crippen molar-refractivity contribution in [2.75, 3.05) is 9.80 Å². The number of nitrogens with zero attached hydrogens (tertiary/aromatic N) is 4. The van der Waals surface area contributed by atoms with Crippen molar-refractivity contribution in [3.8, 4) is 17.2 Å². The van der Waals surface area contributed by atoms with Gasteiger partial charge in [0.25, 0.3) is 0 Å². The van der Waals surface area contributed by atoms with E-state index in [4.69, 9.17) is 6.57 Å². The summed E-state index contributed by atoms with van der Waals surface area (Å²) in [6.07, 6.45) is 4.33. The molecule has 0 saturated heterocycles. The minimum Gasteiger partial charge on any atom is -0.311 e. The van der Waals surface area contributed by atoms with E-state index in [-0.39, 0.29) is 0 Å². The molecule has 0 aliphatic heterocycles. The predicted octanol–water partition coefficient (Wildman–Crippen LogP) is 15.1. The van der Waals surface area contributed by atoms with Crippen LogP contribution in [0.1, 0.15) is 16.7 Å². The zero-order valence-electron chi connectivity index (χ0n) is 36.3. The average Bonchev–Trinajstić information content (AvgIpc) is 3.29. The molecule has 0 N–H and O–H groups in total. The third-order valence-corrected chi connectivity index (χ3v) is 15.6. The SMILES string of the molecule is [C-]#[N+]c1ccc(N(c2ccc(/C=C/c3ccc(-c4ccc(N(c5ccc(C#N)cc5)c5ccc([Si](C)(C)C)cc5)c5ccccc45)cc3)cc2)c2ccc([Si](C)(C)C)cc2)cc1. The van der Waals surface area contributed by atoms with Crippen LogP contribution in [0.3, 0.4) is 0 Å². The first-order chi connectivity index (χ1) is 29.9. The van der Waals surface area contributed by atoms with Crippen LogP contribution in [-0.4, -0.2) is 16.1 Å². The van der Waals surface area contributed by atoms with Crippen molar-refractivity contribution in [3.63, 3.8) is 0 Å². The van der Waals surface area contributed by atoms with Crippen molar-refractivity contribution in [1.82, 2.24) is 0 Å². The van der Waals surface area contributed by atoms with E-state index in [9.17, 15) is 5.26 Å². The summed E-state index contributed by atoms with van der Waals surface area (Å²) in [5.74, 6) is 0.